The van der Waals surface area contributed by atoms with Crippen molar-refractivity contribution in [2.75, 3.05) is 13.2 Å². The van der Waals surface area contributed by atoms with Gasteiger partial charge in [-0.05, 0) is 63.9 Å². The summed E-state index contributed by atoms with van der Waals surface area (Å²) in [7, 11) is 0. The van der Waals surface area contributed by atoms with Crippen molar-refractivity contribution in [3.63, 3.8) is 0 Å². The highest BCUT2D eigenvalue weighted by Gasteiger charge is 2.35. The Morgan fingerprint density at radius 3 is 2.00 bits per heavy atom. The number of carbonyl (C=O) groups excluding carboxylic acids is 7. The first-order chi connectivity index (χ1) is 24.6. The summed E-state index contributed by atoms with van der Waals surface area (Å²) in [5, 5.41) is 12.6. The van der Waals surface area contributed by atoms with E-state index in [0.29, 0.717) is 18.4 Å². The molecular weight excluding hydrogens is 670 g/mol. The number of hydrogen-bond donors (Lipinski definition) is 5. The Morgan fingerprint density at radius 1 is 0.827 bits per heavy atom. The molecule has 1 aromatic carbocycles. The van der Waals surface area contributed by atoms with Crippen LogP contribution in [0.2, 0.25) is 0 Å². The molecule has 4 atom stereocenters. The molecule has 1 saturated carbocycles. The van der Waals surface area contributed by atoms with E-state index in [-0.39, 0.29) is 31.3 Å². The van der Waals surface area contributed by atoms with Gasteiger partial charge in [0, 0.05) is 0 Å². The summed E-state index contributed by atoms with van der Waals surface area (Å²) in [6, 6.07) is 3.68. The van der Waals surface area contributed by atoms with Crippen LogP contribution < -0.4 is 26.6 Å². The average molecular weight is 726 g/mol. The van der Waals surface area contributed by atoms with E-state index < -0.39 is 77.8 Å². The van der Waals surface area contributed by atoms with Gasteiger partial charge < -0.3 is 36.1 Å². The first-order valence-electron chi connectivity index (χ1n) is 17.7. The zero-order valence-corrected chi connectivity index (χ0v) is 31.0. The van der Waals surface area contributed by atoms with Crippen LogP contribution in [0.4, 0.5) is 4.79 Å². The molecule has 14 heteroatoms. The van der Waals surface area contributed by atoms with Crippen LogP contribution in [0.25, 0.3) is 0 Å². The normalized spacial score (nSPS) is 15.4. The van der Waals surface area contributed by atoms with Gasteiger partial charge in [0.05, 0.1) is 13.2 Å². The summed E-state index contributed by atoms with van der Waals surface area (Å²) in [6.45, 7) is 15.6. The number of amides is 5. The highest BCUT2D eigenvalue weighted by molar-refractivity contribution is 6.38. The molecule has 0 heterocycles. The van der Waals surface area contributed by atoms with E-state index in [1.54, 1.807) is 51.1 Å². The molecule has 14 nitrogen and oxygen atoms in total. The van der Waals surface area contributed by atoms with Gasteiger partial charge in [-0.1, -0.05) is 75.6 Å². The molecule has 1 fully saturated rings. The van der Waals surface area contributed by atoms with E-state index in [9.17, 15) is 33.6 Å². The van der Waals surface area contributed by atoms with Gasteiger partial charge in [-0.25, -0.2) is 9.59 Å². The molecule has 0 saturated heterocycles. The smallest absolute Gasteiger partial charge is 0.407 e. The molecule has 5 amide bonds. The molecular formula is C38H55N5O9. The number of carbonyl (C=O) groups is 7. The molecule has 4 unspecified atom stereocenters. The third kappa shape index (κ3) is 15.1. The van der Waals surface area contributed by atoms with Crippen LogP contribution in [0, 0.1) is 11.8 Å². The van der Waals surface area contributed by atoms with Crippen LogP contribution in [0.15, 0.2) is 55.6 Å². The molecule has 52 heavy (non-hydrogen) atoms. The van der Waals surface area contributed by atoms with Crippen molar-refractivity contribution in [3.05, 3.63) is 61.2 Å². The van der Waals surface area contributed by atoms with Gasteiger partial charge in [-0.15, -0.1) is 13.2 Å². The van der Waals surface area contributed by atoms with Gasteiger partial charge in [-0.2, -0.15) is 0 Å². The monoisotopic (exact) mass is 725 g/mol. The number of benzene rings is 1. The Labute approximate surface area is 306 Å². The summed E-state index contributed by atoms with van der Waals surface area (Å²) < 4.78 is 10.7. The summed E-state index contributed by atoms with van der Waals surface area (Å²) in [5.74, 6) is -5.15. The van der Waals surface area contributed by atoms with Gasteiger partial charge in [0.15, 0.2) is 6.04 Å². The fourth-order valence-electron chi connectivity index (χ4n) is 5.51. The van der Waals surface area contributed by atoms with E-state index in [4.69, 9.17) is 9.47 Å². The van der Waals surface area contributed by atoms with E-state index >= 15 is 0 Å². The van der Waals surface area contributed by atoms with Crippen molar-refractivity contribution in [1.29, 1.82) is 0 Å². The fourth-order valence-corrected chi connectivity index (χ4v) is 5.51. The van der Waals surface area contributed by atoms with E-state index in [2.05, 4.69) is 39.7 Å². The maximum absolute atomic E-state index is 13.6. The van der Waals surface area contributed by atoms with Crippen LogP contribution in [0.5, 0.6) is 0 Å². The minimum atomic E-state index is -1.38. The number of Topliss-reactive ketones (excluding diaryl/α,β-unsaturated/α-hetero) is 1. The summed E-state index contributed by atoms with van der Waals surface area (Å²) >= 11 is 0. The molecule has 0 aromatic heterocycles. The number of hydrogen-bond acceptors (Lipinski definition) is 9. The Bertz CT molecular complexity index is 1420. The van der Waals surface area contributed by atoms with Crippen molar-refractivity contribution < 1.29 is 43.0 Å². The number of rotatable bonds is 19. The standard InChI is InChI=1S/C38H55N5O9/c1-8-16-27(32(45)35(48)39-22-29(44)42-31(26-20-14-11-15-21-26)36(49)52-38(5,6)7)40-33(46)28(17-9-2)41-34(47)30(25-18-12-10-13-19-25)43-37(50)51-23-24(3)4/h8-9,11,14-15,20-21,24-25,27-28,30-31H,1-2,10,12-13,16-19,22-23H2,3-7H3,(H,39,48)(H,40,46)(H,41,47)(H,42,44)(H,43,50). The highest BCUT2D eigenvalue weighted by Crippen LogP contribution is 2.27. The average Bonchev–Trinajstić information content (AvgIpc) is 3.10. The highest BCUT2D eigenvalue weighted by atomic mass is 16.6. The van der Waals surface area contributed by atoms with Crippen molar-refractivity contribution in [2.24, 2.45) is 11.8 Å². The van der Waals surface area contributed by atoms with Gasteiger partial charge in [0.1, 0.15) is 23.7 Å². The number of esters is 1. The zero-order valence-electron chi connectivity index (χ0n) is 31.0. The topological polar surface area (TPSA) is 198 Å². The number of ketones is 1. The van der Waals surface area contributed by atoms with E-state index in [1.165, 1.54) is 12.2 Å². The molecule has 0 spiro atoms. The lowest BCUT2D eigenvalue weighted by atomic mass is 9.83. The molecule has 2 rings (SSSR count). The van der Waals surface area contributed by atoms with E-state index in [1.807, 2.05) is 13.8 Å². The van der Waals surface area contributed by atoms with E-state index in [0.717, 1.165) is 19.3 Å². The lowest BCUT2D eigenvalue weighted by Gasteiger charge is -2.31. The quantitative estimate of drug-likeness (QED) is 0.0807. The fraction of sp³-hybridized carbons (Fsp3) is 0.553. The molecule has 5 N–H and O–H groups in total. The molecule has 0 aliphatic heterocycles. The van der Waals surface area contributed by atoms with Gasteiger partial charge in [-0.3, -0.25) is 24.0 Å². The minimum Gasteiger partial charge on any atom is -0.458 e. The lowest BCUT2D eigenvalue weighted by Crippen LogP contribution is -2.58. The summed E-state index contributed by atoms with van der Waals surface area (Å²) in [4.78, 5) is 91.4. The van der Waals surface area contributed by atoms with Gasteiger partial charge >= 0.3 is 12.1 Å². The van der Waals surface area contributed by atoms with Gasteiger partial charge in [0.2, 0.25) is 23.5 Å². The first kappa shape index (κ1) is 43.2. The molecule has 0 bridgehead atoms. The van der Waals surface area contributed by atoms with Crippen molar-refractivity contribution in [2.45, 2.75) is 109 Å². The molecule has 1 aliphatic rings. The molecule has 286 valence electrons. The molecule has 1 aromatic rings. The Balaban J connectivity index is 2.10. The molecule has 1 aliphatic carbocycles. The third-order valence-electron chi connectivity index (χ3n) is 8.01. The van der Waals surface area contributed by atoms with Gasteiger partial charge in [0.25, 0.3) is 5.91 Å². The Hall–Kier alpha value is -5.01. The minimum absolute atomic E-state index is 0.0195. The second-order valence-electron chi connectivity index (χ2n) is 14.2. The Kier molecular flexibility index (Phi) is 17.7. The van der Waals surface area contributed by atoms with Crippen molar-refractivity contribution in [1.82, 2.24) is 26.6 Å². The predicted molar refractivity (Wildman–Crippen MR) is 194 cm³/mol. The number of ether oxygens (including phenoxy) is 2. The zero-order chi connectivity index (χ0) is 38.8. The van der Waals surface area contributed by atoms with Crippen LogP contribution in [-0.4, -0.2) is 78.4 Å². The van der Waals surface area contributed by atoms with Crippen molar-refractivity contribution >= 4 is 41.5 Å². The van der Waals surface area contributed by atoms with Crippen LogP contribution in [0.3, 0.4) is 0 Å². The SMILES string of the molecule is C=CCC(NC(=O)C(NC(=O)OCC(C)C)C1CCCCC1)C(=O)NC(CC=C)C(=O)C(=O)NCC(=O)NC(C(=O)OC(C)(C)C)c1ccccc1. The lowest BCUT2D eigenvalue weighted by molar-refractivity contribution is -0.158. The van der Waals surface area contributed by atoms with Crippen molar-refractivity contribution in [3.8, 4) is 0 Å². The maximum Gasteiger partial charge on any atom is 0.407 e. The van der Waals surface area contributed by atoms with Crippen LogP contribution in [0.1, 0.15) is 91.2 Å². The second kappa shape index (κ2) is 21.4. The summed E-state index contributed by atoms with van der Waals surface area (Å²) in [5.41, 5.74) is -0.378. The maximum atomic E-state index is 13.6. The first-order valence-corrected chi connectivity index (χ1v) is 17.7. The van der Waals surface area contributed by atoms with Crippen LogP contribution >= 0.6 is 0 Å². The molecule has 0 radical (unpaired) electrons. The number of nitrogens with one attached hydrogen (secondary N) is 5. The third-order valence-corrected chi connectivity index (χ3v) is 8.01. The Morgan fingerprint density at radius 2 is 1.42 bits per heavy atom. The number of alkyl carbamates (subject to hydrolysis) is 1. The second-order valence-corrected chi connectivity index (χ2v) is 14.2. The predicted octanol–water partition coefficient (Wildman–Crippen LogP) is 3.32. The largest absolute Gasteiger partial charge is 0.458 e. The summed E-state index contributed by atoms with van der Waals surface area (Å²) in [6.07, 6.45) is 6.06. The van der Waals surface area contributed by atoms with Crippen LogP contribution in [-0.2, 0) is 38.2 Å².